The number of fused-ring (bicyclic) bond motifs is 3. The van der Waals surface area contributed by atoms with Gasteiger partial charge in [0, 0.05) is 11.2 Å². The van der Waals surface area contributed by atoms with Gasteiger partial charge in [0.05, 0.1) is 27.5 Å². The zero-order chi connectivity index (χ0) is 19.0. The first-order chi connectivity index (χ1) is 13.1. The molecule has 4 rings (SSSR count). The van der Waals surface area contributed by atoms with E-state index >= 15 is 0 Å². The van der Waals surface area contributed by atoms with Crippen LogP contribution in [0.25, 0.3) is 22.9 Å². The fraction of sp³-hybridized carbons (Fsp3) is 0.0500. The van der Waals surface area contributed by atoms with Crippen molar-refractivity contribution in [2.75, 3.05) is 5.43 Å². The van der Waals surface area contributed by atoms with Gasteiger partial charge in [0.25, 0.3) is 5.56 Å². The Morgan fingerprint density at radius 1 is 1.19 bits per heavy atom. The molecule has 4 aromatic rings. The summed E-state index contributed by atoms with van der Waals surface area (Å²) in [5, 5.41) is 10.6. The molecule has 132 valence electrons. The number of aromatic nitrogens is 2. The predicted molar refractivity (Wildman–Crippen MR) is 106 cm³/mol. The van der Waals surface area contributed by atoms with Gasteiger partial charge in [-0.15, -0.1) is 0 Å². The smallest absolute Gasteiger partial charge is 0.265 e. The number of hydrogen-bond donors (Lipinski definition) is 2. The molecule has 27 heavy (non-hydrogen) atoms. The Bertz CT molecular complexity index is 1320. The molecule has 0 saturated heterocycles. The van der Waals surface area contributed by atoms with Gasteiger partial charge in [-0.3, -0.25) is 9.20 Å². The second kappa shape index (κ2) is 6.63. The standard InChI is InChI=1S/C20H14ClN5O/c1-12-15(10-22)19-24-17-4-2-3-5-18(17)26(19)20(27)16(12)11-23-25-14-8-6-13(21)7-9-14/h2-9,11,23,25H,1H3/b16-11-. The van der Waals surface area contributed by atoms with Crippen LogP contribution in [0.5, 0.6) is 0 Å². The first-order valence-corrected chi connectivity index (χ1v) is 8.59. The first kappa shape index (κ1) is 16.9. The summed E-state index contributed by atoms with van der Waals surface area (Å²) in [6.45, 7) is 1.75. The summed E-state index contributed by atoms with van der Waals surface area (Å²) in [5.41, 5.74) is 9.14. The van der Waals surface area contributed by atoms with Crippen LogP contribution in [0.1, 0.15) is 11.1 Å². The maximum absolute atomic E-state index is 13.1. The van der Waals surface area contributed by atoms with E-state index in [4.69, 9.17) is 11.6 Å². The van der Waals surface area contributed by atoms with Gasteiger partial charge in [0.2, 0.25) is 0 Å². The van der Waals surface area contributed by atoms with Gasteiger partial charge in [0.15, 0.2) is 5.65 Å². The van der Waals surface area contributed by atoms with Gasteiger partial charge >= 0.3 is 0 Å². The number of anilines is 1. The van der Waals surface area contributed by atoms with Crippen LogP contribution in [0.3, 0.4) is 0 Å². The summed E-state index contributed by atoms with van der Waals surface area (Å²) in [5.74, 6) is 0. The third-order valence-corrected chi connectivity index (χ3v) is 4.64. The van der Waals surface area contributed by atoms with Crippen molar-refractivity contribution < 1.29 is 0 Å². The minimum atomic E-state index is -0.236. The van der Waals surface area contributed by atoms with Crippen LogP contribution >= 0.6 is 11.6 Å². The largest absolute Gasteiger partial charge is 0.307 e. The number of para-hydroxylation sites is 2. The molecule has 0 spiro atoms. The van der Waals surface area contributed by atoms with Crippen molar-refractivity contribution in [1.82, 2.24) is 14.8 Å². The fourth-order valence-electron chi connectivity index (χ4n) is 3.01. The number of pyridine rings is 1. The highest BCUT2D eigenvalue weighted by Gasteiger charge is 2.15. The second-order valence-electron chi connectivity index (χ2n) is 6.01. The highest BCUT2D eigenvalue weighted by atomic mass is 35.5. The van der Waals surface area contributed by atoms with Crippen molar-refractivity contribution in [3.05, 3.63) is 80.3 Å². The van der Waals surface area contributed by atoms with Crippen molar-refractivity contribution in [1.29, 1.82) is 5.26 Å². The Morgan fingerprint density at radius 2 is 1.93 bits per heavy atom. The van der Waals surface area contributed by atoms with Crippen LogP contribution in [-0.2, 0) is 0 Å². The van der Waals surface area contributed by atoms with Crippen molar-refractivity contribution in [3.63, 3.8) is 0 Å². The van der Waals surface area contributed by atoms with Crippen LogP contribution in [-0.4, -0.2) is 9.38 Å². The van der Waals surface area contributed by atoms with Gasteiger partial charge in [-0.1, -0.05) is 23.7 Å². The van der Waals surface area contributed by atoms with E-state index in [9.17, 15) is 10.1 Å². The minimum absolute atomic E-state index is 0.236. The van der Waals surface area contributed by atoms with Crippen molar-refractivity contribution >= 4 is 40.2 Å². The fourth-order valence-corrected chi connectivity index (χ4v) is 3.14. The van der Waals surface area contributed by atoms with E-state index in [1.165, 1.54) is 4.40 Å². The lowest BCUT2D eigenvalue weighted by molar-refractivity contribution is 1.06. The maximum atomic E-state index is 13.1. The summed E-state index contributed by atoms with van der Waals surface area (Å²) in [4.78, 5) is 17.5. The summed E-state index contributed by atoms with van der Waals surface area (Å²) in [6, 6.07) is 16.6. The van der Waals surface area contributed by atoms with Crippen LogP contribution in [0.15, 0.2) is 53.3 Å². The van der Waals surface area contributed by atoms with Crippen LogP contribution < -0.4 is 21.6 Å². The molecular formula is C20H14ClN5O. The van der Waals surface area contributed by atoms with Crippen molar-refractivity contribution in [2.45, 2.75) is 6.92 Å². The third kappa shape index (κ3) is 2.84. The Morgan fingerprint density at radius 3 is 2.67 bits per heavy atom. The number of imidazole rings is 1. The van der Waals surface area contributed by atoms with E-state index in [1.54, 1.807) is 37.4 Å². The summed E-state index contributed by atoms with van der Waals surface area (Å²) in [6.07, 6.45) is 1.56. The van der Waals surface area contributed by atoms with E-state index in [-0.39, 0.29) is 5.56 Å². The molecular weight excluding hydrogens is 362 g/mol. The van der Waals surface area contributed by atoms with Crippen molar-refractivity contribution in [2.24, 2.45) is 0 Å². The topological polar surface area (TPSA) is 82.2 Å². The number of nitrogens with one attached hydrogen (secondary N) is 2. The molecule has 0 fully saturated rings. The molecule has 0 aliphatic carbocycles. The zero-order valence-electron chi connectivity index (χ0n) is 14.3. The predicted octanol–water partition coefficient (Wildman–Crippen LogP) is 2.75. The van der Waals surface area contributed by atoms with Crippen LogP contribution in [0.2, 0.25) is 5.02 Å². The number of hydrazine groups is 1. The first-order valence-electron chi connectivity index (χ1n) is 8.21. The van der Waals surface area contributed by atoms with Gasteiger partial charge in [-0.05, 0) is 48.9 Å². The molecule has 2 aromatic heterocycles. The van der Waals surface area contributed by atoms with Gasteiger partial charge in [-0.2, -0.15) is 5.26 Å². The monoisotopic (exact) mass is 375 g/mol. The molecule has 0 amide bonds. The molecule has 0 atom stereocenters. The normalized spacial score (nSPS) is 11.7. The Labute approximate surface area is 159 Å². The quantitative estimate of drug-likeness (QED) is 0.538. The average Bonchev–Trinajstić information content (AvgIpc) is 3.05. The molecule has 0 aliphatic heterocycles. The van der Waals surface area contributed by atoms with E-state index < -0.39 is 0 Å². The van der Waals surface area contributed by atoms with Gasteiger partial charge in [0.1, 0.15) is 6.07 Å². The highest BCUT2D eigenvalue weighted by molar-refractivity contribution is 6.30. The summed E-state index contributed by atoms with van der Waals surface area (Å²) < 4.78 is 1.48. The minimum Gasteiger partial charge on any atom is -0.307 e. The molecule has 0 bridgehead atoms. The van der Waals surface area contributed by atoms with E-state index in [0.717, 1.165) is 5.69 Å². The number of nitriles is 1. The van der Waals surface area contributed by atoms with E-state index in [2.05, 4.69) is 21.9 Å². The summed E-state index contributed by atoms with van der Waals surface area (Å²) in [7, 11) is 0. The SMILES string of the molecule is Cc1c(C#N)c2nc3ccccc3n2c(=O)/c1=C\NNc1ccc(Cl)cc1. The summed E-state index contributed by atoms with van der Waals surface area (Å²) >= 11 is 5.87. The molecule has 7 heteroatoms. The Balaban J connectivity index is 1.87. The number of halogens is 1. The van der Waals surface area contributed by atoms with Crippen molar-refractivity contribution in [3.8, 4) is 6.07 Å². The second-order valence-corrected chi connectivity index (χ2v) is 6.45. The average molecular weight is 376 g/mol. The zero-order valence-corrected chi connectivity index (χ0v) is 15.1. The Hall–Kier alpha value is -3.56. The lowest BCUT2D eigenvalue weighted by Gasteiger charge is -2.07. The molecule has 2 N–H and O–H groups in total. The molecule has 6 nitrogen and oxygen atoms in total. The van der Waals surface area contributed by atoms with E-state index in [1.807, 2.05) is 24.3 Å². The molecule has 0 saturated carbocycles. The molecule has 0 aliphatic rings. The number of rotatable bonds is 3. The lowest BCUT2D eigenvalue weighted by atomic mass is 10.1. The maximum Gasteiger partial charge on any atom is 0.265 e. The molecule has 2 aromatic carbocycles. The lowest BCUT2D eigenvalue weighted by Crippen LogP contribution is -2.36. The van der Waals surface area contributed by atoms with Gasteiger partial charge in [-0.25, -0.2) is 4.98 Å². The molecule has 0 radical (unpaired) electrons. The number of hydrogen-bond acceptors (Lipinski definition) is 5. The number of nitrogens with zero attached hydrogens (tertiary/aromatic N) is 3. The van der Waals surface area contributed by atoms with Gasteiger partial charge < -0.3 is 10.9 Å². The number of benzene rings is 2. The highest BCUT2D eigenvalue weighted by Crippen LogP contribution is 2.17. The molecule has 2 heterocycles. The molecule has 0 unspecified atom stereocenters. The van der Waals surface area contributed by atoms with Crippen LogP contribution in [0, 0.1) is 18.3 Å². The van der Waals surface area contributed by atoms with E-state index in [0.29, 0.717) is 38.0 Å². The third-order valence-electron chi connectivity index (χ3n) is 4.39. The van der Waals surface area contributed by atoms with Crippen LogP contribution in [0.4, 0.5) is 5.69 Å². The Kier molecular flexibility index (Phi) is 4.15.